The Morgan fingerprint density at radius 1 is 0.906 bits per heavy atom. The molecule has 2 aromatic rings. The Bertz CT molecular complexity index is 984. The van der Waals surface area contributed by atoms with E-state index in [1.54, 1.807) is 0 Å². The molecule has 0 bridgehead atoms. The summed E-state index contributed by atoms with van der Waals surface area (Å²) >= 11 is -2.53. The van der Waals surface area contributed by atoms with E-state index in [0.717, 1.165) is 12.8 Å². The Hall–Kier alpha value is -0.357. The summed E-state index contributed by atoms with van der Waals surface area (Å²) in [6, 6.07) is 11.9. The minimum atomic E-state index is -2.53. The number of hydrogen-bond donors (Lipinski definition) is 0. The molecule has 2 aromatic carbocycles. The van der Waals surface area contributed by atoms with E-state index in [0.29, 0.717) is 5.92 Å². The molecule has 0 nitrogen and oxygen atoms in total. The summed E-state index contributed by atoms with van der Waals surface area (Å²) in [6.45, 7) is 20.7. The van der Waals surface area contributed by atoms with Gasteiger partial charge in [0.2, 0.25) is 0 Å². The molecular weight excluding hydrogens is 510 g/mol. The van der Waals surface area contributed by atoms with Gasteiger partial charge < -0.3 is 0 Å². The third kappa shape index (κ3) is 5.32. The second-order valence-corrected chi connectivity index (χ2v) is 20.5. The van der Waals surface area contributed by atoms with E-state index in [1.165, 1.54) is 44.5 Å². The molecule has 0 aliphatic heterocycles. The molecular formula is C29H39Cl2Zr. The van der Waals surface area contributed by atoms with Gasteiger partial charge in [0.05, 0.1) is 0 Å². The topological polar surface area (TPSA) is 0 Å². The van der Waals surface area contributed by atoms with E-state index in [1.807, 2.05) is 0 Å². The van der Waals surface area contributed by atoms with Crippen molar-refractivity contribution in [2.45, 2.75) is 89.6 Å². The zero-order valence-electron chi connectivity index (χ0n) is 21.3. The summed E-state index contributed by atoms with van der Waals surface area (Å²) < 4.78 is 0.262. The Kier molecular flexibility index (Phi) is 7.97. The second-order valence-electron chi connectivity index (χ2n) is 11.7. The van der Waals surface area contributed by atoms with Crippen LogP contribution in [0.4, 0.5) is 0 Å². The Labute approximate surface area is 211 Å². The van der Waals surface area contributed by atoms with Crippen molar-refractivity contribution in [1.29, 1.82) is 0 Å². The van der Waals surface area contributed by atoms with Crippen LogP contribution in [0.2, 0.25) is 0 Å². The Morgan fingerprint density at radius 3 is 1.91 bits per heavy atom. The number of halogens is 2. The number of aryl methyl sites for hydroxylation is 1. The molecule has 0 N–H and O–H groups in total. The zero-order chi connectivity index (χ0) is 24.0. The van der Waals surface area contributed by atoms with Crippen LogP contribution in [0.5, 0.6) is 0 Å². The number of benzene rings is 2. The van der Waals surface area contributed by atoms with E-state index in [4.69, 9.17) is 17.0 Å². The van der Waals surface area contributed by atoms with Crippen LogP contribution in [-0.4, -0.2) is 0 Å². The normalized spacial score (nSPS) is 16.4. The van der Waals surface area contributed by atoms with Crippen molar-refractivity contribution < 1.29 is 19.4 Å². The molecule has 0 saturated carbocycles. The van der Waals surface area contributed by atoms with Gasteiger partial charge in [0.15, 0.2) is 0 Å². The van der Waals surface area contributed by atoms with Gasteiger partial charge in [-0.05, 0) is 0 Å². The van der Waals surface area contributed by atoms with Crippen molar-refractivity contribution in [2.75, 3.05) is 0 Å². The summed E-state index contributed by atoms with van der Waals surface area (Å²) in [4.78, 5) is 0. The van der Waals surface area contributed by atoms with Crippen LogP contribution >= 0.6 is 17.0 Å². The van der Waals surface area contributed by atoms with Crippen LogP contribution < -0.4 is 0 Å². The van der Waals surface area contributed by atoms with Crippen molar-refractivity contribution in [2.24, 2.45) is 5.92 Å². The van der Waals surface area contributed by atoms with Crippen LogP contribution in [0, 0.1) is 5.92 Å². The second kappa shape index (κ2) is 9.72. The van der Waals surface area contributed by atoms with Crippen LogP contribution in [-0.2, 0) is 36.6 Å². The van der Waals surface area contributed by atoms with Crippen LogP contribution in [0.15, 0.2) is 35.9 Å². The molecule has 0 aromatic heterocycles. The van der Waals surface area contributed by atoms with Crippen molar-refractivity contribution in [3.63, 3.8) is 0 Å². The molecule has 0 spiro atoms. The summed E-state index contributed by atoms with van der Waals surface area (Å²) in [5.74, 6) is 0.453. The average Bonchev–Trinajstić information content (AvgIpc) is 3.06. The molecule has 1 atom stereocenters. The molecule has 0 radical (unpaired) electrons. The summed E-state index contributed by atoms with van der Waals surface area (Å²) in [7, 11) is 13.5. The first-order chi connectivity index (χ1) is 14.8. The summed E-state index contributed by atoms with van der Waals surface area (Å²) in [5.41, 5.74) is 11.3. The monoisotopic (exact) mass is 547 g/mol. The van der Waals surface area contributed by atoms with Gasteiger partial charge in [0, 0.05) is 0 Å². The van der Waals surface area contributed by atoms with Gasteiger partial charge in [0.25, 0.3) is 0 Å². The molecule has 3 rings (SSSR count). The van der Waals surface area contributed by atoms with Crippen molar-refractivity contribution in [3.05, 3.63) is 63.7 Å². The maximum absolute atomic E-state index is 6.74. The van der Waals surface area contributed by atoms with Gasteiger partial charge in [-0.2, -0.15) is 0 Å². The fraction of sp³-hybridized carbons (Fsp3) is 0.517. The van der Waals surface area contributed by atoms with Gasteiger partial charge in [-0.3, -0.25) is 0 Å². The van der Waals surface area contributed by atoms with Gasteiger partial charge in [-0.25, -0.2) is 0 Å². The van der Waals surface area contributed by atoms with Gasteiger partial charge in [-0.1, -0.05) is 0 Å². The molecule has 0 amide bonds. The fourth-order valence-corrected chi connectivity index (χ4v) is 10.4. The van der Waals surface area contributed by atoms with Gasteiger partial charge in [0.1, 0.15) is 0 Å². The van der Waals surface area contributed by atoms with E-state index >= 15 is 0 Å². The van der Waals surface area contributed by atoms with Gasteiger partial charge >= 0.3 is 213 Å². The zero-order valence-corrected chi connectivity index (χ0v) is 25.3. The molecule has 1 unspecified atom stereocenters. The Balaban J connectivity index is 2.38. The predicted octanol–water partition coefficient (Wildman–Crippen LogP) is 9.92. The molecule has 173 valence electrons. The molecule has 0 saturated heterocycles. The van der Waals surface area contributed by atoms with Crippen molar-refractivity contribution in [1.82, 2.24) is 0 Å². The Morgan fingerprint density at radius 2 is 1.47 bits per heavy atom. The minimum absolute atomic E-state index is 0.0908. The SMILES string of the molecule is CCCc1ccc2c(c1-c1cc(C(C)(C)C)cc(C(C)(C)C)c1)C=C(C(C)C)[CH]2[Zr]([Cl])[Cl]. The first-order valence-electron chi connectivity index (χ1n) is 12.0. The first kappa shape index (κ1) is 26.3. The molecule has 1 aliphatic carbocycles. The van der Waals surface area contributed by atoms with E-state index in [2.05, 4.69) is 98.7 Å². The van der Waals surface area contributed by atoms with Crippen LogP contribution in [0.25, 0.3) is 17.2 Å². The third-order valence-corrected chi connectivity index (χ3v) is 11.9. The maximum atomic E-state index is 6.74. The molecule has 0 fully saturated rings. The van der Waals surface area contributed by atoms with Gasteiger partial charge in [-0.15, -0.1) is 0 Å². The predicted molar refractivity (Wildman–Crippen MR) is 141 cm³/mol. The van der Waals surface area contributed by atoms with E-state index < -0.39 is 19.4 Å². The molecule has 3 heteroatoms. The summed E-state index contributed by atoms with van der Waals surface area (Å²) in [5, 5.41) is 0. The fourth-order valence-electron chi connectivity index (χ4n) is 4.72. The first-order valence-corrected chi connectivity index (χ1v) is 19.7. The molecule has 0 heterocycles. The standard InChI is InChI=1S/C29H39.2ClH.Zr/c1-10-11-20-12-13-21-14-22(19(2)3)17-26(21)27(20)23-15-24(28(4,5)6)18-25(16-23)29(7,8)9;;;/h12-19H,10-11H2,1-9H3;2*1H;/q;;;+2/p-2. The number of allylic oxidation sites excluding steroid dienone is 1. The third-order valence-electron chi connectivity index (χ3n) is 6.68. The van der Waals surface area contributed by atoms with Crippen molar-refractivity contribution in [3.8, 4) is 11.1 Å². The van der Waals surface area contributed by atoms with E-state index in [9.17, 15) is 0 Å². The molecule has 32 heavy (non-hydrogen) atoms. The van der Waals surface area contributed by atoms with E-state index in [-0.39, 0.29) is 14.5 Å². The quantitative estimate of drug-likeness (QED) is 0.348. The average molecular weight is 550 g/mol. The summed E-state index contributed by atoms with van der Waals surface area (Å²) in [6.07, 6.45) is 4.65. The van der Waals surface area contributed by atoms with Crippen LogP contribution in [0.1, 0.15) is 100 Å². The molecule has 1 aliphatic rings. The number of hydrogen-bond acceptors (Lipinski definition) is 0. The number of rotatable bonds is 5. The number of fused-ring (bicyclic) bond motifs is 1. The van der Waals surface area contributed by atoms with Crippen LogP contribution in [0.3, 0.4) is 0 Å². The van der Waals surface area contributed by atoms with Crippen molar-refractivity contribution >= 4 is 23.1 Å².